The van der Waals surface area contributed by atoms with Gasteiger partial charge in [0.1, 0.15) is 4.88 Å². The molecular weight excluding hydrogens is 222 g/mol. The first kappa shape index (κ1) is 11.3. The van der Waals surface area contributed by atoms with Crippen LogP contribution in [0.1, 0.15) is 23.0 Å². The summed E-state index contributed by atoms with van der Waals surface area (Å²) in [6, 6.07) is 1.91. The average molecular weight is 239 g/mol. The number of carbonyl (C=O) groups excluding carboxylic acids is 1. The topological polar surface area (TPSA) is 58.4 Å². The van der Waals surface area contributed by atoms with Crippen LogP contribution in [0.3, 0.4) is 0 Å². The Morgan fingerprint density at radius 2 is 2.44 bits per heavy atom. The molecule has 1 aliphatic heterocycles. The number of nitrogens with zero attached hydrogens (tertiary/aromatic N) is 1. The molecule has 1 aliphatic rings. The van der Waals surface area contributed by atoms with E-state index < -0.39 is 0 Å². The highest BCUT2D eigenvalue weighted by atomic mass is 32.1. The van der Waals surface area contributed by atoms with E-state index in [0.29, 0.717) is 10.6 Å². The maximum absolute atomic E-state index is 11.5. The van der Waals surface area contributed by atoms with Gasteiger partial charge in [-0.15, -0.1) is 11.3 Å². The first-order valence-electron chi connectivity index (χ1n) is 5.48. The molecule has 88 valence electrons. The molecule has 1 saturated heterocycles. The van der Waals surface area contributed by atoms with Gasteiger partial charge in [-0.1, -0.05) is 6.92 Å². The van der Waals surface area contributed by atoms with Crippen LogP contribution in [0.5, 0.6) is 0 Å². The van der Waals surface area contributed by atoms with Gasteiger partial charge in [0, 0.05) is 20.1 Å². The molecule has 0 aliphatic carbocycles. The number of carbonyl (C=O) groups is 1. The summed E-state index contributed by atoms with van der Waals surface area (Å²) in [4.78, 5) is 14.5. The van der Waals surface area contributed by atoms with E-state index in [0.717, 1.165) is 24.0 Å². The second-order valence-electron chi connectivity index (χ2n) is 4.29. The second-order valence-corrected chi connectivity index (χ2v) is 5.32. The highest BCUT2D eigenvalue weighted by Gasteiger charge is 2.22. The molecule has 1 amide bonds. The van der Waals surface area contributed by atoms with E-state index in [9.17, 15) is 4.79 Å². The van der Waals surface area contributed by atoms with E-state index in [1.54, 1.807) is 7.05 Å². The predicted octanol–water partition coefficient (Wildman–Crippen LogP) is 1.54. The first-order chi connectivity index (χ1) is 7.61. The lowest BCUT2D eigenvalue weighted by molar-refractivity contribution is 0.0968. The third-order valence-corrected chi connectivity index (χ3v) is 4.13. The zero-order valence-corrected chi connectivity index (χ0v) is 10.4. The molecule has 2 rings (SSSR count). The number of anilines is 2. The van der Waals surface area contributed by atoms with Gasteiger partial charge < -0.3 is 16.0 Å². The lowest BCUT2D eigenvalue weighted by atomic mass is 10.2. The molecule has 4 nitrogen and oxygen atoms in total. The van der Waals surface area contributed by atoms with Crippen molar-refractivity contribution < 1.29 is 4.79 Å². The van der Waals surface area contributed by atoms with Gasteiger partial charge in [-0.3, -0.25) is 4.79 Å². The number of rotatable bonds is 2. The van der Waals surface area contributed by atoms with E-state index in [1.807, 2.05) is 6.07 Å². The monoisotopic (exact) mass is 239 g/mol. The number of hydrogen-bond acceptors (Lipinski definition) is 4. The Balaban J connectivity index is 2.20. The van der Waals surface area contributed by atoms with E-state index >= 15 is 0 Å². The van der Waals surface area contributed by atoms with E-state index in [-0.39, 0.29) is 5.91 Å². The van der Waals surface area contributed by atoms with Crippen molar-refractivity contribution in [2.24, 2.45) is 5.92 Å². The molecule has 2 heterocycles. The van der Waals surface area contributed by atoms with Crippen molar-refractivity contribution >= 4 is 27.9 Å². The summed E-state index contributed by atoms with van der Waals surface area (Å²) in [6.07, 6.45) is 1.22. The van der Waals surface area contributed by atoms with Crippen LogP contribution in [-0.4, -0.2) is 26.0 Å². The minimum atomic E-state index is -0.0963. The summed E-state index contributed by atoms with van der Waals surface area (Å²) in [5.41, 5.74) is 6.43. The Labute approximate surface area is 99.4 Å². The fourth-order valence-electron chi connectivity index (χ4n) is 1.97. The Morgan fingerprint density at radius 3 is 3.00 bits per heavy atom. The fraction of sp³-hybridized carbons (Fsp3) is 0.545. The molecule has 3 N–H and O–H groups in total. The highest BCUT2D eigenvalue weighted by Crippen LogP contribution is 2.34. The van der Waals surface area contributed by atoms with Crippen molar-refractivity contribution in [1.82, 2.24) is 5.32 Å². The summed E-state index contributed by atoms with van der Waals surface area (Å²) in [7, 11) is 1.62. The highest BCUT2D eigenvalue weighted by molar-refractivity contribution is 7.18. The summed E-state index contributed by atoms with van der Waals surface area (Å²) in [5, 5.41) is 3.72. The zero-order valence-electron chi connectivity index (χ0n) is 9.62. The number of nitrogens with two attached hydrogens (primary N) is 1. The number of amides is 1. The summed E-state index contributed by atoms with van der Waals surface area (Å²) < 4.78 is 0. The zero-order chi connectivity index (χ0) is 11.7. The molecule has 1 aromatic heterocycles. The van der Waals surface area contributed by atoms with E-state index in [2.05, 4.69) is 17.1 Å². The fourth-order valence-corrected chi connectivity index (χ4v) is 3.04. The largest absolute Gasteiger partial charge is 0.397 e. The summed E-state index contributed by atoms with van der Waals surface area (Å²) >= 11 is 1.48. The molecule has 1 unspecified atom stereocenters. The second kappa shape index (κ2) is 4.33. The van der Waals surface area contributed by atoms with Gasteiger partial charge in [0.2, 0.25) is 0 Å². The van der Waals surface area contributed by atoms with Crippen LogP contribution < -0.4 is 16.0 Å². The third-order valence-electron chi connectivity index (χ3n) is 2.92. The van der Waals surface area contributed by atoms with Gasteiger partial charge in [0.05, 0.1) is 10.7 Å². The van der Waals surface area contributed by atoms with Crippen LogP contribution in [-0.2, 0) is 0 Å². The molecule has 5 heteroatoms. The van der Waals surface area contributed by atoms with Gasteiger partial charge in [0.25, 0.3) is 5.91 Å². The number of hydrogen-bond donors (Lipinski definition) is 2. The van der Waals surface area contributed by atoms with Gasteiger partial charge in [-0.25, -0.2) is 0 Å². The van der Waals surface area contributed by atoms with E-state index in [4.69, 9.17) is 5.73 Å². The Bertz CT molecular complexity index is 402. The third kappa shape index (κ3) is 2.00. The van der Waals surface area contributed by atoms with Crippen molar-refractivity contribution in [3.8, 4) is 0 Å². The molecular formula is C11H17N3OS. The molecule has 1 atom stereocenters. The van der Waals surface area contributed by atoms with Gasteiger partial charge in [0.15, 0.2) is 0 Å². The lowest BCUT2D eigenvalue weighted by Crippen LogP contribution is -2.18. The maximum atomic E-state index is 11.5. The number of nitrogen functional groups attached to an aromatic ring is 1. The van der Waals surface area contributed by atoms with Crippen LogP contribution in [0.25, 0.3) is 0 Å². The first-order valence-corrected chi connectivity index (χ1v) is 6.29. The smallest absolute Gasteiger partial charge is 0.263 e. The van der Waals surface area contributed by atoms with Gasteiger partial charge in [-0.05, 0) is 18.4 Å². The molecule has 0 saturated carbocycles. The number of thiophene rings is 1. The molecule has 16 heavy (non-hydrogen) atoms. The van der Waals surface area contributed by atoms with Gasteiger partial charge >= 0.3 is 0 Å². The molecule has 1 fully saturated rings. The minimum absolute atomic E-state index is 0.0963. The van der Waals surface area contributed by atoms with Crippen molar-refractivity contribution in [2.75, 3.05) is 30.8 Å². The molecule has 0 bridgehead atoms. The van der Waals surface area contributed by atoms with Crippen LogP contribution in [0.4, 0.5) is 10.7 Å². The minimum Gasteiger partial charge on any atom is -0.397 e. The van der Waals surface area contributed by atoms with Crippen LogP contribution in [0.2, 0.25) is 0 Å². The van der Waals surface area contributed by atoms with Crippen LogP contribution in [0, 0.1) is 5.92 Å². The summed E-state index contributed by atoms with van der Waals surface area (Å²) in [5.74, 6) is 0.632. The van der Waals surface area contributed by atoms with Crippen molar-refractivity contribution in [2.45, 2.75) is 13.3 Å². The lowest BCUT2D eigenvalue weighted by Gasteiger charge is -2.14. The quantitative estimate of drug-likeness (QED) is 0.823. The van der Waals surface area contributed by atoms with E-state index in [1.165, 1.54) is 17.8 Å². The standard InChI is InChI=1S/C11H17N3OS/c1-7-3-4-14(6-7)9-5-8(12)10(16-9)11(15)13-2/h5,7H,3-4,6,12H2,1-2H3,(H,13,15). The van der Waals surface area contributed by atoms with Crippen molar-refractivity contribution in [3.63, 3.8) is 0 Å². The van der Waals surface area contributed by atoms with Crippen LogP contribution in [0.15, 0.2) is 6.07 Å². The van der Waals surface area contributed by atoms with Gasteiger partial charge in [-0.2, -0.15) is 0 Å². The number of nitrogens with one attached hydrogen (secondary N) is 1. The molecule has 0 aromatic carbocycles. The van der Waals surface area contributed by atoms with Crippen molar-refractivity contribution in [3.05, 3.63) is 10.9 Å². The average Bonchev–Trinajstić information content (AvgIpc) is 2.83. The Hall–Kier alpha value is -1.23. The van der Waals surface area contributed by atoms with Crippen molar-refractivity contribution in [1.29, 1.82) is 0 Å². The Kier molecular flexibility index (Phi) is 3.05. The predicted molar refractivity (Wildman–Crippen MR) is 68.1 cm³/mol. The molecule has 0 spiro atoms. The Morgan fingerprint density at radius 1 is 1.69 bits per heavy atom. The molecule has 1 aromatic rings. The maximum Gasteiger partial charge on any atom is 0.263 e. The normalized spacial score (nSPS) is 20.1. The van der Waals surface area contributed by atoms with Crippen LogP contribution >= 0.6 is 11.3 Å². The SMILES string of the molecule is CNC(=O)c1sc(N2CCC(C)C2)cc1N. The molecule has 0 radical (unpaired) electrons. The summed E-state index contributed by atoms with van der Waals surface area (Å²) in [6.45, 7) is 4.37.